The zero-order valence-electron chi connectivity index (χ0n) is 15.7. The van der Waals surface area contributed by atoms with Gasteiger partial charge >= 0.3 is 5.97 Å². The normalized spacial score (nSPS) is 17.0. The van der Waals surface area contributed by atoms with Crippen LogP contribution < -0.4 is 0 Å². The van der Waals surface area contributed by atoms with Gasteiger partial charge < -0.3 is 20.0 Å². The van der Waals surface area contributed by atoms with E-state index in [1.54, 1.807) is 0 Å². The van der Waals surface area contributed by atoms with Crippen LogP contribution >= 0.6 is 0 Å². The first-order chi connectivity index (χ1) is 13.7. The van der Waals surface area contributed by atoms with Crippen LogP contribution in [0.3, 0.4) is 0 Å². The van der Waals surface area contributed by atoms with Crippen LogP contribution in [0.25, 0.3) is 11.3 Å². The van der Waals surface area contributed by atoms with Crippen molar-refractivity contribution in [3.05, 3.63) is 53.5 Å². The Morgan fingerprint density at radius 3 is 2.48 bits per heavy atom. The largest absolute Gasteiger partial charge is 0.477 e. The summed E-state index contributed by atoms with van der Waals surface area (Å²) >= 11 is 0. The van der Waals surface area contributed by atoms with Crippen LogP contribution in [0.15, 0.2) is 36.4 Å². The van der Waals surface area contributed by atoms with E-state index >= 15 is 0 Å². The van der Waals surface area contributed by atoms with Crippen molar-refractivity contribution in [1.82, 2.24) is 14.8 Å². The quantitative estimate of drug-likeness (QED) is 0.801. The fraction of sp³-hybridized carbons (Fsp3) is 0.300. The molecule has 0 aliphatic carbocycles. The van der Waals surface area contributed by atoms with E-state index in [-0.39, 0.29) is 54.6 Å². The number of hydrogen-bond donors (Lipinski definition) is 2. The van der Waals surface area contributed by atoms with Crippen molar-refractivity contribution in [2.24, 2.45) is 0 Å². The number of aromatic carboxylic acids is 1. The molecule has 1 unspecified atom stereocenters. The molecule has 8 nitrogen and oxygen atoms in total. The first-order valence-corrected chi connectivity index (χ1v) is 8.99. The lowest BCUT2D eigenvalue weighted by atomic mass is 10.1. The van der Waals surface area contributed by atoms with Crippen LogP contribution in [-0.2, 0) is 4.79 Å². The highest BCUT2D eigenvalue weighted by atomic mass is 19.1. The van der Waals surface area contributed by atoms with Gasteiger partial charge in [0.05, 0.1) is 11.8 Å². The van der Waals surface area contributed by atoms with E-state index in [2.05, 4.69) is 4.98 Å². The summed E-state index contributed by atoms with van der Waals surface area (Å²) in [5.41, 5.74) is 0.333. The van der Waals surface area contributed by atoms with Gasteiger partial charge in [0.2, 0.25) is 5.91 Å². The second-order valence-corrected chi connectivity index (χ2v) is 6.81. The van der Waals surface area contributed by atoms with Gasteiger partial charge in [-0.1, -0.05) is 6.07 Å². The highest BCUT2D eigenvalue weighted by Gasteiger charge is 2.26. The van der Waals surface area contributed by atoms with Gasteiger partial charge in [-0.15, -0.1) is 0 Å². The molecule has 2 heterocycles. The summed E-state index contributed by atoms with van der Waals surface area (Å²) < 4.78 is 14.2. The van der Waals surface area contributed by atoms with E-state index in [9.17, 15) is 23.9 Å². The van der Waals surface area contributed by atoms with E-state index in [1.807, 2.05) is 0 Å². The van der Waals surface area contributed by atoms with Crippen LogP contribution in [0.1, 0.15) is 27.8 Å². The molecule has 2 aromatic rings. The molecule has 9 heteroatoms. The SMILES string of the molecule is CC(=O)N1CCN(C(=O)c2cc(F)cc(-c3cccc(C(=O)O)n3)c2)CC(O)C1. The molecule has 1 atom stereocenters. The van der Waals surface area contributed by atoms with Gasteiger partial charge in [-0.2, -0.15) is 0 Å². The maximum Gasteiger partial charge on any atom is 0.354 e. The molecule has 1 fully saturated rings. The average Bonchev–Trinajstić information content (AvgIpc) is 2.88. The van der Waals surface area contributed by atoms with Crippen molar-refractivity contribution < 1.29 is 29.0 Å². The molecule has 1 saturated heterocycles. The molecule has 2 amide bonds. The third kappa shape index (κ3) is 4.75. The molecule has 2 N–H and O–H groups in total. The van der Waals surface area contributed by atoms with Crippen molar-refractivity contribution in [1.29, 1.82) is 0 Å². The number of aliphatic hydroxyl groups is 1. The third-order valence-corrected chi connectivity index (χ3v) is 4.64. The minimum atomic E-state index is -1.21. The number of carboxylic acid groups (broad SMARTS) is 1. The maximum absolute atomic E-state index is 14.2. The number of carboxylic acids is 1. The first-order valence-electron chi connectivity index (χ1n) is 8.99. The Morgan fingerprint density at radius 2 is 1.79 bits per heavy atom. The molecule has 0 spiro atoms. The highest BCUT2D eigenvalue weighted by molar-refractivity contribution is 5.95. The number of rotatable bonds is 3. The average molecular weight is 401 g/mol. The van der Waals surface area contributed by atoms with E-state index in [0.717, 1.165) is 6.07 Å². The van der Waals surface area contributed by atoms with Gasteiger partial charge in [0.25, 0.3) is 5.91 Å². The number of hydrogen-bond acceptors (Lipinski definition) is 5. The van der Waals surface area contributed by atoms with Crippen LogP contribution in [0, 0.1) is 5.82 Å². The Kier molecular flexibility index (Phi) is 5.88. The van der Waals surface area contributed by atoms with Crippen molar-refractivity contribution >= 4 is 17.8 Å². The molecule has 0 bridgehead atoms. The molecular formula is C20H20FN3O5. The predicted octanol–water partition coefficient (Wildman–Crippen LogP) is 1.25. The number of aliphatic hydroxyl groups excluding tert-OH is 1. The zero-order valence-corrected chi connectivity index (χ0v) is 15.7. The van der Waals surface area contributed by atoms with Crippen LogP contribution in [-0.4, -0.2) is 75.1 Å². The number of β-amino-alcohol motifs (C(OH)–C–C–N with tert-alkyl or cyclic N) is 1. The Bertz CT molecular complexity index is 965. The molecule has 0 saturated carbocycles. The summed E-state index contributed by atoms with van der Waals surface area (Å²) in [5.74, 6) is -2.58. The molecule has 1 aliphatic rings. The Labute approximate surface area is 166 Å². The zero-order chi connectivity index (χ0) is 21.1. The van der Waals surface area contributed by atoms with Gasteiger partial charge in [0, 0.05) is 44.2 Å². The third-order valence-electron chi connectivity index (χ3n) is 4.64. The fourth-order valence-corrected chi connectivity index (χ4v) is 3.22. The topological polar surface area (TPSA) is 111 Å². The summed E-state index contributed by atoms with van der Waals surface area (Å²) in [4.78, 5) is 42.4. The van der Waals surface area contributed by atoms with Gasteiger partial charge in [0.1, 0.15) is 11.5 Å². The number of nitrogens with zero attached hydrogens (tertiary/aromatic N) is 3. The van der Waals surface area contributed by atoms with Gasteiger partial charge in [-0.05, 0) is 30.3 Å². The van der Waals surface area contributed by atoms with Crippen LogP contribution in [0.4, 0.5) is 4.39 Å². The van der Waals surface area contributed by atoms with E-state index in [0.29, 0.717) is 0 Å². The van der Waals surface area contributed by atoms with Crippen LogP contribution in [0.5, 0.6) is 0 Å². The lowest BCUT2D eigenvalue weighted by Crippen LogP contribution is -2.37. The summed E-state index contributed by atoms with van der Waals surface area (Å²) in [6, 6.07) is 8.00. The number of pyridine rings is 1. The minimum absolute atomic E-state index is 0.0151. The number of carbonyl (C=O) groups excluding carboxylic acids is 2. The van der Waals surface area contributed by atoms with Crippen molar-refractivity contribution in [2.45, 2.75) is 13.0 Å². The van der Waals surface area contributed by atoms with Gasteiger partial charge in [-0.25, -0.2) is 14.2 Å². The van der Waals surface area contributed by atoms with E-state index < -0.39 is 23.8 Å². The summed E-state index contributed by atoms with van der Waals surface area (Å²) in [6.07, 6.45) is -0.910. The fourth-order valence-electron chi connectivity index (χ4n) is 3.22. The number of aromatic nitrogens is 1. The van der Waals surface area contributed by atoms with E-state index in [4.69, 9.17) is 5.11 Å². The molecule has 0 radical (unpaired) electrons. The van der Waals surface area contributed by atoms with Gasteiger partial charge in [0.15, 0.2) is 0 Å². The lowest BCUT2D eigenvalue weighted by molar-refractivity contribution is -0.129. The summed E-state index contributed by atoms with van der Waals surface area (Å²) in [5, 5.41) is 19.2. The molecule has 152 valence electrons. The Hall–Kier alpha value is -3.33. The summed E-state index contributed by atoms with van der Waals surface area (Å²) in [7, 11) is 0. The maximum atomic E-state index is 14.2. The number of carbonyl (C=O) groups is 3. The second-order valence-electron chi connectivity index (χ2n) is 6.81. The van der Waals surface area contributed by atoms with Crippen molar-refractivity contribution in [3.8, 4) is 11.3 Å². The van der Waals surface area contributed by atoms with Crippen molar-refractivity contribution in [3.63, 3.8) is 0 Å². The highest BCUT2D eigenvalue weighted by Crippen LogP contribution is 2.22. The smallest absolute Gasteiger partial charge is 0.354 e. The second kappa shape index (κ2) is 8.36. The molecule has 1 aromatic heterocycles. The first kappa shape index (κ1) is 20.4. The molecular weight excluding hydrogens is 381 g/mol. The standard InChI is InChI=1S/C20H20FN3O5/c1-12(25)23-5-6-24(11-16(26)10-23)19(27)14-7-13(8-15(21)9-14)17-3-2-4-18(22-17)20(28)29/h2-4,7-9,16,26H,5-6,10-11H2,1H3,(H,28,29). The molecule has 29 heavy (non-hydrogen) atoms. The molecule has 3 rings (SSSR count). The van der Waals surface area contributed by atoms with E-state index in [1.165, 1.54) is 47.1 Å². The molecule has 1 aliphatic heterocycles. The van der Waals surface area contributed by atoms with Crippen molar-refractivity contribution in [2.75, 3.05) is 26.2 Å². The Morgan fingerprint density at radius 1 is 1.10 bits per heavy atom. The summed E-state index contributed by atoms with van der Waals surface area (Å²) in [6.45, 7) is 2.00. The minimum Gasteiger partial charge on any atom is -0.477 e. The lowest BCUT2D eigenvalue weighted by Gasteiger charge is -2.22. The Balaban J connectivity index is 1.89. The number of halogens is 1. The monoisotopic (exact) mass is 401 g/mol. The van der Waals surface area contributed by atoms with Gasteiger partial charge in [-0.3, -0.25) is 9.59 Å². The number of benzene rings is 1. The predicted molar refractivity (Wildman–Crippen MR) is 101 cm³/mol. The molecule has 1 aromatic carbocycles. The number of amides is 2. The van der Waals surface area contributed by atoms with Crippen LogP contribution in [0.2, 0.25) is 0 Å².